The Morgan fingerprint density at radius 2 is 0.889 bits per heavy atom. The van der Waals surface area contributed by atoms with E-state index in [0.717, 1.165) is 88.5 Å². The molecule has 0 spiro atoms. The third-order valence-electron chi connectivity index (χ3n) is 8.20. The van der Waals surface area contributed by atoms with Crippen molar-refractivity contribution >= 4 is 5.78 Å². The molecule has 4 rings (SSSR count). The van der Waals surface area contributed by atoms with Crippen LogP contribution in [0.25, 0.3) is 0 Å². The monoisotopic (exact) mass is 510 g/mol. The van der Waals surface area contributed by atoms with Gasteiger partial charge in [0.25, 0.3) is 0 Å². The Kier molecular flexibility index (Phi) is 8.78. The quantitative estimate of drug-likeness (QED) is 0.256. The normalized spacial score (nSPS) is 19.3. The zero-order valence-corrected chi connectivity index (χ0v) is 20.3. The van der Waals surface area contributed by atoms with E-state index in [4.69, 9.17) is 0 Å². The van der Waals surface area contributed by atoms with Crippen molar-refractivity contribution in [3.63, 3.8) is 0 Å². The first kappa shape index (κ1) is 26.7. The van der Waals surface area contributed by atoms with E-state index in [0.29, 0.717) is 0 Å². The first-order valence-electron chi connectivity index (χ1n) is 13.0. The van der Waals surface area contributed by atoms with Crippen LogP contribution < -0.4 is 0 Å². The van der Waals surface area contributed by atoms with Crippen LogP contribution in [0, 0.1) is 46.7 Å². The smallest absolute Gasteiger partial charge is 0.194 e. The van der Waals surface area contributed by atoms with Crippen molar-refractivity contribution in [2.75, 3.05) is 0 Å². The van der Waals surface area contributed by atoms with E-state index < -0.39 is 46.7 Å². The first-order valence-corrected chi connectivity index (χ1v) is 13.0. The highest BCUT2D eigenvalue weighted by molar-refractivity contribution is 5.80. The van der Waals surface area contributed by atoms with Crippen LogP contribution in [0.3, 0.4) is 0 Å². The fraction of sp³-hybridized carbons (Fsp3) is 0.552. The SMILES string of the molecule is O=C(C[C@H](c1cc(F)c(F)c(F)c1)C1CCCCC1)C[C@H](c1cc(F)c(F)c(F)c1)C1CCCCC1. The lowest BCUT2D eigenvalue weighted by Gasteiger charge is -2.33. The van der Waals surface area contributed by atoms with Crippen molar-refractivity contribution in [1.82, 2.24) is 0 Å². The Balaban J connectivity index is 1.61. The molecule has 196 valence electrons. The summed E-state index contributed by atoms with van der Waals surface area (Å²) >= 11 is 0. The third kappa shape index (κ3) is 6.15. The van der Waals surface area contributed by atoms with Crippen LogP contribution in [0.5, 0.6) is 0 Å². The first-order chi connectivity index (χ1) is 17.2. The lowest BCUT2D eigenvalue weighted by Crippen LogP contribution is -2.24. The van der Waals surface area contributed by atoms with Gasteiger partial charge in [0.2, 0.25) is 0 Å². The van der Waals surface area contributed by atoms with E-state index >= 15 is 0 Å². The summed E-state index contributed by atoms with van der Waals surface area (Å²) < 4.78 is 83.6. The zero-order chi connectivity index (χ0) is 25.8. The largest absolute Gasteiger partial charge is 0.300 e. The molecule has 1 nitrogen and oxygen atoms in total. The molecule has 36 heavy (non-hydrogen) atoms. The molecule has 2 aromatic carbocycles. The van der Waals surface area contributed by atoms with Gasteiger partial charge in [-0.1, -0.05) is 38.5 Å². The summed E-state index contributed by atoms with van der Waals surface area (Å²) in [6, 6.07) is 3.92. The highest BCUT2D eigenvalue weighted by Crippen LogP contribution is 2.42. The standard InChI is InChI=1S/C29H32F6O/c30-24-11-19(12-25(31)28(24)34)22(17-7-3-1-4-8-17)15-21(36)16-23(18-9-5-2-6-10-18)20-13-26(32)29(35)27(33)14-20/h11-14,17-18,22-23H,1-10,15-16H2/t22-,23-/m0/s1. The van der Waals surface area contributed by atoms with E-state index in [1.165, 1.54) is 0 Å². The average molecular weight is 511 g/mol. The molecule has 0 aliphatic heterocycles. The summed E-state index contributed by atoms with van der Waals surface area (Å²) in [6.07, 6.45) is 9.11. The second-order valence-electron chi connectivity index (χ2n) is 10.6. The molecular formula is C29H32F6O. The summed E-state index contributed by atoms with van der Waals surface area (Å²) in [5.41, 5.74) is 0.527. The van der Waals surface area contributed by atoms with Crippen LogP contribution in [0.2, 0.25) is 0 Å². The fourth-order valence-corrected chi connectivity index (χ4v) is 6.34. The summed E-state index contributed by atoms with van der Waals surface area (Å²) in [4.78, 5) is 13.4. The molecule has 2 aliphatic carbocycles. The van der Waals surface area contributed by atoms with Gasteiger partial charge in [0, 0.05) is 12.8 Å². The lowest BCUT2D eigenvalue weighted by molar-refractivity contribution is -0.120. The molecular weight excluding hydrogens is 478 g/mol. The van der Waals surface area contributed by atoms with Gasteiger partial charge in [0.05, 0.1) is 0 Å². The van der Waals surface area contributed by atoms with Crippen LogP contribution in [-0.2, 0) is 4.79 Å². The number of rotatable bonds is 8. The minimum absolute atomic E-state index is 0.00452. The minimum atomic E-state index is -1.54. The van der Waals surface area contributed by atoms with Crippen molar-refractivity contribution in [2.24, 2.45) is 11.8 Å². The third-order valence-corrected chi connectivity index (χ3v) is 8.20. The van der Waals surface area contributed by atoms with Gasteiger partial charge in [0.1, 0.15) is 5.78 Å². The van der Waals surface area contributed by atoms with Gasteiger partial charge in [-0.15, -0.1) is 0 Å². The van der Waals surface area contributed by atoms with Gasteiger partial charge < -0.3 is 0 Å². The van der Waals surface area contributed by atoms with Crippen molar-refractivity contribution in [3.05, 3.63) is 70.3 Å². The maximum absolute atomic E-state index is 14.1. The molecule has 0 unspecified atom stereocenters. The fourth-order valence-electron chi connectivity index (χ4n) is 6.34. The van der Waals surface area contributed by atoms with Crippen molar-refractivity contribution < 1.29 is 31.1 Å². The molecule has 0 amide bonds. The molecule has 2 atom stereocenters. The average Bonchev–Trinajstić information content (AvgIpc) is 2.88. The second-order valence-corrected chi connectivity index (χ2v) is 10.6. The molecule has 0 N–H and O–H groups in total. The highest BCUT2D eigenvalue weighted by Gasteiger charge is 2.33. The number of benzene rings is 2. The number of hydrogen-bond acceptors (Lipinski definition) is 1. The van der Waals surface area contributed by atoms with Crippen molar-refractivity contribution in [3.8, 4) is 0 Å². The summed E-state index contributed by atoms with van der Waals surface area (Å²) in [7, 11) is 0. The van der Waals surface area contributed by atoms with Crippen molar-refractivity contribution in [2.45, 2.75) is 88.9 Å². The highest BCUT2D eigenvalue weighted by atomic mass is 19.2. The Morgan fingerprint density at radius 3 is 1.19 bits per heavy atom. The number of Topliss-reactive ketones (excluding diaryl/α,β-unsaturated/α-hetero) is 1. The van der Waals surface area contributed by atoms with Gasteiger partial charge in [-0.2, -0.15) is 0 Å². The van der Waals surface area contributed by atoms with E-state index in [1.54, 1.807) is 0 Å². The van der Waals surface area contributed by atoms with E-state index in [9.17, 15) is 31.1 Å². The van der Waals surface area contributed by atoms with Gasteiger partial charge in [-0.3, -0.25) is 4.79 Å². The Morgan fingerprint density at radius 1 is 0.583 bits per heavy atom. The van der Waals surface area contributed by atoms with Gasteiger partial charge >= 0.3 is 0 Å². The maximum Gasteiger partial charge on any atom is 0.194 e. The summed E-state index contributed by atoms with van der Waals surface area (Å²) in [5, 5.41) is 0. The Labute approximate surface area is 208 Å². The number of hydrogen-bond donors (Lipinski definition) is 0. The van der Waals surface area contributed by atoms with Crippen molar-refractivity contribution in [1.29, 1.82) is 0 Å². The Bertz CT molecular complexity index is 942. The number of ketones is 1. The summed E-state index contributed by atoms with van der Waals surface area (Å²) in [6.45, 7) is 0. The molecule has 2 aromatic rings. The summed E-state index contributed by atoms with van der Waals surface area (Å²) in [5.74, 6) is -9.28. The number of carbonyl (C=O) groups is 1. The molecule has 0 heterocycles. The Hall–Kier alpha value is -2.31. The molecule has 0 radical (unpaired) electrons. The number of halogens is 6. The lowest BCUT2D eigenvalue weighted by atomic mass is 9.71. The maximum atomic E-state index is 14.1. The molecule has 0 saturated heterocycles. The van der Waals surface area contributed by atoms with E-state index in [2.05, 4.69) is 0 Å². The van der Waals surface area contributed by atoms with Crippen LogP contribution in [-0.4, -0.2) is 5.78 Å². The molecule has 7 heteroatoms. The van der Waals surface area contributed by atoms with Crippen LogP contribution in [0.1, 0.15) is 100 Å². The van der Waals surface area contributed by atoms with Crippen LogP contribution in [0.4, 0.5) is 26.3 Å². The predicted molar refractivity (Wildman–Crippen MR) is 126 cm³/mol. The van der Waals surface area contributed by atoms with Crippen LogP contribution >= 0.6 is 0 Å². The number of carbonyl (C=O) groups excluding carboxylic acids is 1. The molecule has 2 aliphatic rings. The second kappa shape index (κ2) is 11.8. The van der Waals surface area contributed by atoms with E-state index in [-0.39, 0.29) is 41.6 Å². The topological polar surface area (TPSA) is 17.1 Å². The molecule has 2 saturated carbocycles. The van der Waals surface area contributed by atoms with Gasteiger partial charge in [0.15, 0.2) is 34.9 Å². The predicted octanol–water partition coefficient (Wildman–Crippen LogP) is 8.90. The zero-order valence-electron chi connectivity index (χ0n) is 20.3. The molecule has 2 fully saturated rings. The minimum Gasteiger partial charge on any atom is -0.300 e. The van der Waals surface area contributed by atoms with Gasteiger partial charge in [-0.05, 0) is 84.7 Å². The molecule has 0 bridgehead atoms. The molecule has 0 aromatic heterocycles. The van der Waals surface area contributed by atoms with Crippen LogP contribution in [0.15, 0.2) is 24.3 Å². The van der Waals surface area contributed by atoms with Gasteiger partial charge in [-0.25, -0.2) is 26.3 Å². The van der Waals surface area contributed by atoms with E-state index in [1.807, 2.05) is 0 Å².